The van der Waals surface area contributed by atoms with E-state index < -0.39 is 0 Å². The molecule has 21 heavy (non-hydrogen) atoms. The zero-order valence-electron chi connectivity index (χ0n) is 13.0. The molecule has 0 aliphatic carbocycles. The van der Waals surface area contributed by atoms with Crippen LogP contribution < -0.4 is 10.1 Å². The normalized spacial score (nSPS) is 18.3. The molecule has 1 aromatic rings. The Labute approximate surface area is 126 Å². The van der Waals surface area contributed by atoms with Crippen molar-refractivity contribution in [1.29, 1.82) is 0 Å². The van der Waals surface area contributed by atoms with E-state index in [4.69, 9.17) is 9.47 Å². The molecule has 1 fully saturated rings. The Balaban J connectivity index is 1.73. The lowest BCUT2D eigenvalue weighted by molar-refractivity contribution is -0.121. The van der Waals surface area contributed by atoms with E-state index in [-0.39, 0.29) is 5.91 Å². The van der Waals surface area contributed by atoms with Crippen LogP contribution in [0.25, 0.3) is 0 Å². The third kappa shape index (κ3) is 5.05. The van der Waals surface area contributed by atoms with Gasteiger partial charge in [-0.1, -0.05) is 12.1 Å². The van der Waals surface area contributed by atoms with Gasteiger partial charge in [-0.3, -0.25) is 4.79 Å². The molecule has 1 aliphatic heterocycles. The Bertz CT molecular complexity index is 467. The molecule has 0 aromatic heterocycles. The van der Waals surface area contributed by atoms with Crippen molar-refractivity contribution >= 4 is 5.91 Å². The summed E-state index contributed by atoms with van der Waals surface area (Å²) in [6, 6.07) is 6.01. The SMILES string of the molecule is COc1cc(CNC(=O)CC[C@@H]2CCCOC2)ccc1C. The van der Waals surface area contributed by atoms with E-state index in [0.717, 1.165) is 42.9 Å². The molecule has 0 unspecified atom stereocenters. The highest BCUT2D eigenvalue weighted by Gasteiger charge is 2.15. The van der Waals surface area contributed by atoms with E-state index in [0.29, 0.717) is 18.9 Å². The first-order chi connectivity index (χ1) is 10.2. The van der Waals surface area contributed by atoms with Gasteiger partial charge in [-0.2, -0.15) is 0 Å². The lowest BCUT2D eigenvalue weighted by Crippen LogP contribution is -2.25. The van der Waals surface area contributed by atoms with Gasteiger partial charge in [0.25, 0.3) is 0 Å². The summed E-state index contributed by atoms with van der Waals surface area (Å²) in [7, 11) is 1.66. The first-order valence-electron chi connectivity index (χ1n) is 7.67. The molecule has 1 atom stereocenters. The van der Waals surface area contributed by atoms with Crippen LogP contribution in [-0.4, -0.2) is 26.2 Å². The topological polar surface area (TPSA) is 47.6 Å². The molecular weight excluding hydrogens is 266 g/mol. The minimum atomic E-state index is 0.111. The number of aryl methyl sites for hydroxylation is 1. The Kier molecular flexibility index (Phi) is 6.05. The Morgan fingerprint density at radius 3 is 3.05 bits per heavy atom. The van der Waals surface area contributed by atoms with E-state index in [9.17, 15) is 4.79 Å². The molecule has 1 aromatic carbocycles. The van der Waals surface area contributed by atoms with Gasteiger partial charge in [-0.05, 0) is 49.3 Å². The largest absolute Gasteiger partial charge is 0.496 e. The molecule has 1 saturated heterocycles. The zero-order valence-corrected chi connectivity index (χ0v) is 13.0. The Morgan fingerprint density at radius 2 is 2.33 bits per heavy atom. The lowest BCUT2D eigenvalue weighted by Gasteiger charge is -2.21. The van der Waals surface area contributed by atoms with E-state index in [1.54, 1.807) is 7.11 Å². The number of ether oxygens (including phenoxy) is 2. The summed E-state index contributed by atoms with van der Waals surface area (Å²) in [6.07, 6.45) is 3.80. The highest BCUT2D eigenvalue weighted by Crippen LogP contribution is 2.20. The number of hydrogen-bond donors (Lipinski definition) is 1. The second kappa shape index (κ2) is 8.03. The van der Waals surface area contributed by atoms with Crippen molar-refractivity contribution in [3.63, 3.8) is 0 Å². The van der Waals surface area contributed by atoms with Gasteiger partial charge in [0, 0.05) is 26.2 Å². The van der Waals surface area contributed by atoms with Crippen LogP contribution >= 0.6 is 0 Å². The van der Waals surface area contributed by atoms with Crippen molar-refractivity contribution in [2.45, 2.75) is 39.2 Å². The summed E-state index contributed by atoms with van der Waals surface area (Å²) >= 11 is 0. The van der Waals surface area contributed by atoms with Gasteiger partial charge in [0.1, 0.15) is 5.75 Å². The average molecular weight is 291 g/mol. The number of carbonyl (C=O) groups is 1. The maximum Gasteiger partial charge on any atom is 0.220 e. The highest BCUT2D eigenvalue weighted by molar-refractivity contribution is 5.75. The minimum absolute atomic E-state index is 0.111. The average Bonchev–Trinajstić information content (AvgIpc) is 2.53. The van der Waals surface area contributed by atoms with Crippen molar-refractivity contribution in [1.82, 2.24) is 5.32 Å². The monoisotopic (exact) mass is 291 g/mol. The number of benzene rings is 1. The fourth-order valence-corrected chi connectivity index (χ4v) is 2.63. The summed E-state index contributed by atoms with van der Waals surface area (Å²) < 4.78 is 10.7. The molecule has 0 spiro atoms. The van der Waals surface area contributed by atoms with Gasteiger partial charge >= 0.3 is 0 Å². The van der Waals surface area contributed by atoms with Crippen molar-refractivity contribution in [2.75, 3.05) is 20.3 Å². The van der Waals surface area contributed by atoms with Crippen LogP contribution in [0.5, 0.6) is 5.75 Å². The predicted octanol–water partition coefficient (Wildman–Crippen LogP) is 2.83. The minimum Gasteiger partial charge on any atom is -0.496 e. The smallest absolute Gasteiger partial charge is 0.220 e. The van der Waals surface area contributed by atoms with E-state index in [1.807, 2.05) is 25.1 Å². The number of rotatable bonds is 6. The van der Waals surface area contributed by atoms with Crippen molar-refractivity contribution in [3.05, 3.63) is 29.3 Å². The second-order valence-corrected chi connectivity index (χ2v) is 5.70. The molecule has 0 saturated carbocycles. The van der Waals surface area contributed by atoms with Crippen LogP contribution in [0.4, 0.5) is 0 Å². The van der Waals surface area contributed by atoms with Crippen molar-refractivity contribution in [3.8, 4) is 5.75 Å². The maximum atomic E-state index is 11.9. The zero-order chi connectivity index (χ0) is 15.1. The molecule has 0 radical (unpaired) electrons. The molecule has 0 bridgehead atoms. The quantitative estimate of drug-likeness (QED) is 0.876. The standard InChI is InChI=1S/C17H25NO3/c1-13-5-6-15(10-16(13)20-2)11-18-17(19)8-7-14-4-3-9-21-12-14/h5-6,10,14H,3-4,7-9,11-12H2,1-2H3,(H,18,19)/t14-/m0/s1. The molecule has 116 valence electrons. The van der Waals surface area contributed by atoms with E-state index >= 15 is 0 Å². The number of amides is 1. The summed E-state index contributed by atoms with van der Waals surface area (Å²) in [4.78, 5) is 11.9. The van der Waals surface area contributed by atoms with Gasteiger partial charge in [0.15, 0.2) is 0 Å². The van der Waals surface area contributed by atoms with Crippen LogP contribution in [0, 0.1) is 12.8 Å². The fourth-order valence-electron chi connectivity index (χ4n) is 2.63. The number of nitrogens with one attached hydrogen (secondary N) is 1. The number of carbonyl (C=O) groups excluding carboxylic acids is 1. The van der Waals surface area contributed by atoms with Crippen LogP contribution in [0.15, 0.2) is 18.2 Å². The molecule has 1 N–H and O–H groups in total. The number of methoxy groups -OCH3 is 1. The van der Waals surface area contributed by atoms with Gasteiger partial charge in [-0.15, -0.1) is 0 Å². The molecular formula is C17H25NO3. The molecule has 4 nitrogen and oxygen atoms in total. The highest BCUT2D eigenvalue weighted by atomic mass is 16.5. The van der Waals surface area contributed by atoms with Gasteiger partial charge in [0.2, 0.25) is 5.91 Å². The molecule has 1 aliphatic rings. The van der Waals surface area contributed by atoms with Crippen LogP contribution in [0.2, 0.25) is 0 Å². The van der Waals surface area contributed by atoms with Crippen molar-refractivity contribution in [2.24, 2.45) is 5.92 Å². The Morgan fingerprint density at radius 1 is 1.48 bits per heavy atom. The van der Waals surface area contributed by atoms with Crippen molar-refractivity contribution < 1.29 is 14.3 Å². The maximum absolute atomic E-state index is 11.9. The summed E-state index contributed by atoms with van der Waals surface area (Å²) in [5.41, 5.74) is 2.16. The first-order valence-corrected chi connectivity index (χ1v) is 7.67. The van der Waals surface area contributed by atoms with Gasteiger partial charge in [0.05, 0.1) is 7.11 Å². The lowest BCUT2D eigenvalue weighted by atomic mass is 9.97. The van der Waals surface area contributed by atoms with E-state index in [2.05, 4.69) is 5.32 Å². The molecule has 2 rings (SSSR count). The van der Waals surface area contributed by atoms with Crippen LogP contribution in [-0.2, 0) is 16.1 Å². The second-order valence-electron chi connectivity index (χ2n) is 5.70. The van der Waals surface area contributed by atoms with Crippen LogP contribution in [0.1, 0.15) is 36.8 Å². The fraction of sp³-hybridized carbons (Fsp3) is 0.588. The molecule has 1 amide bonds. The summed E-state index contributed by atoms with van der Waals surface area (Å²) in [6.45, 7) is 4.24. The summed E-state index contributed by atoms with van der Waals surface area (Å²) in [5.74, 6) is 1.52. The first kappa shape index (κ1) is 15.8. The van der Waals surface area contributed by atoms with Gasteiger partial charge in [-0.25, -0.2) is 0 Å². The predicted molar refractivity (Wildman–Crippen MR) is 82.4 cm³/mol. The van der Waals surface area contributed by atoms with Gasteiger partial charge < -0.3 is 14.8 Å². The third-order valence-electron chi connectivity index (χ3n) is 4.00. The number of hydrogen-bond acceptors (Lipinski definition) is 3. The summed E-state index contributed by atoms with van der Waals surface area (Å²) in [5, 5.41) is 2.97. The molecule has 4 heteroatoms. The van der Waals surface area contributed by atoms with Crippen LogP contribution in [0.3, 0.4) is 0 Å². The third-order valence-corrected chi connectivity index (χ3v) is 4.00. The van der Waals surface area contributed by atoms with E-state index in [1.165, 1.54) is 6.42 Å². The molecule has 1 heterocycles. The Hall–Kier alpha value is -1.55.